The van der Waals surface area contributed by atoms with Crippen LogP contribution in [0.4, 0.5) is 19.3 Å². The van der Waals surface area contributed by atoms with Crippen molar-refractivity contribution in [3.63, 3.8) is 0 Å². The Hall–Kier alpha value is -2.67. The Balaban J connectivity index is 1.66. The molecule has 162 valence electrons. The van der Waals surface area contributed by atoms with Gasteiger partial charge >= 0.3 is 12.6 Å². The van der Waals surface area contributed by atoms with Crippen molar-refractivity contribution in [3.05, 3.63) is 59.7 Å². The SMILES string of the molecule is CCN(C(=O)Nc1cccc(OC(F)F)c1C)[C@@H]1CCN([C@@H](C)c2ccccc2)C1. The van der Waals surface area contributed by atoms with Gasteiger partial charge in [0.05, 0.1) is 0 Å². The van der Waals surface area contributed by atoms with E-state index >= 15 is 0 Å². The van der Waals surface area contributed by atoms with Crippen LogP contribution in [0.25, 0.3) is 0 Å². The Bertz CT molecular complexity index is 848. The summed E-state index contributed by atoms with van der Waals surface area (Å²) in [4.78, 5) is 17.2. The number of carbonyl (C=O) groups excluding carboxylic acids is 1. The number of urea groups is 1. The van der Waals surface area contributed by atoms with E-state index < -0.39 is 6.61 Å². The molecule has 0 radical (unpaired) electrons. The highest BCUT2D eigenvalue weighted by molar-refractivity contribution is 5.90. The molecule has 30 heavy (non-hydrogen) atoms. The Morgan fingerprint density at radius 2 is 1.97 bits per heavy atom. The molecule has 0 aromatic heterocycles. The Kier molecular flexibility index (Phi) is 7.26. The highest BCUT2D eigenvalue weighted by Gasteiger charge is 2.32. The minimum absolute atomic E-state index is 0.0644. The maximum Gasteiger partial charge on any atom is 0.387 e. The van der Waals surface area contributed by atoms with Crippen LogP contribution in [0.1, 0.15) is 37.4 Å². The summed E-state index contributed by atoms with van der Waals surface area (Å²) in [6.45, 7) is 5.17. The number of rotatable bonds is 7. The van der Waals surface area contributed by atoms with Crippen LogP contribution in [0.15, 0.2) is 48.5 Å². The molecular formula is C23H29F2N3O2. The number of nitrogens with one attached hydrogen (secondary N) is 1. The van der Waals surface area contributed by atoms with Gasteiger partial charge in [-0.05, 0) is 44.9 Å². The van der Waals surface area contributed by atoms with Crippen molar-refractivity contribution in [2.24, 2.45) is 0 Å². The van der Waals surface area contributed by atoms with Gasteiger partial charge in [-0.2, -0.15) is 8.78 Å². The largest absolute Gasteiger partial charge is 0.434 e. The number of alkyl halides is 2. The lowest BCUT2D eigenvalue weighted by molar-refractivity contribution is -0.0502. The molecule has 0 aliphatic carbocycles. The predicted octanol–water partition coefficient (Wildman–Crippen LogP) is 5.29. The first-order valence-electron chi connectivity index (χ1n) is 10.3. The molecule has 2 aromatic rings. The van der Waals surface area contributed by atoms with E-state index in [9.17, 15) is 13.6 Å². The molecule has 7 heteroatoms. The lowest BCUT2D eigenvalue weighted by Crippen LogP contribution is -2.44. The monoisotopic (exact) mass is 417 g/mol. The fraction of sp³-hybridized carbons (Fsp3) is 0.435. The van der Waals surface area contributed by atoms with Crippen LogP contribution in [0.3, 0.4) is 0 Å². The van der Waals surface area contributed by atoms with Crippen molar-refractivity contribution in [1.29, 1.82) is 0 Å². The van der Waals surface area contributed by atoms with Crippen molar-refractivity contribution in [3.8, 4) is 5.75 Å². The molecular weight excluding hydrogens is 388 g/mol. The third-order valence-electron chi connectivity index (χ3n) is 5.81. The van der Waals surface area contributed by atoms with Gasteiger partial charge in [0.2, 0.25) is 0 Å². The summed E-state index contributed by atoms with van der Waals surface area (Å²) >= 11 is 0. The molecule has 5 nitrogen and oxygen atoms in total. The average Bonchev–Trinajstić information content (AvgIpc) is 3.21. The first-order valence-corrected chi connectivity index (χ1v) is 10.3. The Morgan fingerprint density at radius 1 is 1.23 bits per heavy atom. The van der Waals surface area contributed by atoms with Crippen LogP contribution in [0.2, 0.25) is 0 Å². The van der Waals surface area contributed by atoms with Crippen LogP contribution < -0.4 is 10.1 Å². The molecule has 1 N–H and O–H groups in total. The van der Waals surface area contributed by atoms with Gasteiger partial charge in [0.1, 0.15) is 5.75 Å². The molecule has 1 fully saturated rings. The summed E-state index contributed by atoms with van der Waals surface area (Å²) in [7, 11) is 0. The number of likely N-dealkylation sites (N-methyl/N-ethyl adjacent to an activating group) is 1. The first kappa shape index (κ1) is 22.0. The number of anilines is 1. The molecule has 1 heterocycles. The number of amides is 2. The highest BCUT2D eigenvalue weighted by Crippen LogP contribution is 2.29. The van der Waals surface area contributed by atoms with Crippen LogP contribution in [-0.4, -0.2) is 48.1 Å². The summed E-state index contributed by atoms with van der Waals surface area (Å²) < 4.78 is 29.7. The van der Waals surface area contributed by atoms with Gasteiger partial charge in [-0.1, -0.05) is 36.4 Å². The van der Waals surface area contributed by atoms with Gasteiger partial charge in [-0.3, -0.25) is 4.90 Å². The molecule has 1 aliphatic heterocycles. The third-order valence-corrected chi connectivity index (χ3v) is 5.81. The Morgan fingerprint density at radius 3 is 2.63 bits per heavy atom. The molecule has 0 spiro atoms. The second-order valence-corrected chi connectivity index (χ2v) is 7.55. The van der Waals surface area contributed by atoms with Crippen LogP contribution in [-0.2, 0) is 0 Å². The fourth-order valence-corrected chi connectivity index (χ4v) is 4.04. The quantitative estimate of drug-likeness (QED) is 0.666. The Labute approximate surface area is 176 Å². The van der Waals surface area contributed by atoms with E-state index in [0.717, 1.165) is 19.5 Å². The van der Waals surface area contributed by atoms with Gasteiger partial charge in [-0.15, -0.1) is 0 Å². The van der Waals surface area contributed by atoms with E-state index in [1.807, 2.05) is 30.0 Å². The van der Waals surface area contributed by atoms with Crippen molar-refractivity contribution >= 4 is 11.7 Å². The second kappa shape index (κ2) is 9.89. The van der Waals surface area contributed by atoms with E-state index in [-0.39, 0.29) is 23.9 Å². The van der Waals surface area contributed by atoms with E-state index in [4.69, 9.17) is 0 Å². The lowest BCUT2D eigenvalue weighted by Gasteiger charge is -2.30. The standard InChI is InChI=1S/C23H29F2N3O2/c1-4-28(19-13-14-27(15-19)17(3)18-9-6-5-7-10-18)23(29)26-20-11-8-12-21(16(20)2)30-22(24)25/h5-12,17,19,22H,4,13-15H2,1-3H3,(H,26,29)/t17-,19+/m0/s1. The lowest BCUT2D eigenvalue weighted by atomic mass is 10.1. The van der Waals surface area contributed by atoms with E-state index in [1.165, 1.54) is 11.6 Å². The molecule has 1 aliphatic rings. The molecule has 0 bridgehead atoms. The molecule has 1 saturated heterocycles. The number of nitrogens with zero attached hydrogens (tertiary/aromatic N) is 2. The number of likely N-dealkylation sites (tertiary alicyclic amines) is 1. The van der Waals surface area contributed by atoms with Crippen molar-refractivity contribution in [1.82, 2.24) is 9.80 Å². The zero-order chi connectivity index (χ0) is 21.7. The molecule has 3 rings (SSSR count). The number of hydrogen-bond acceptors (Lipinski definition) is 3. The van der Waals surface area contributed by atoms with Gasteiger partial charge in [0.25, 0.3) is 0 Å². The maximum atomic E-state index is 13.0. The number of benzene rings is 2. The smallest absolute Gasteiger partial charge is 0.387 e. The number of hydrogen-bond donors (Lipinski definition) is 1. The number of carbonyl (C=O) groups is 1. The first-order chi connectivity index (χ1) is 14.4. The molecule has 2 aromatic carbocycles. The third kappa shape index (κ3) is 5.08. The summed E-state index contributed by atoms with van der Waals surface area (Å²) in [6.07, 6.45) is 0.895. The van der Waals surface area contributed by atoms with Gasteiger partial charge < -0.3 is 15.0 Å². The van der Waals surface area contributed by atoms with Gasteiger partial charge in [-0.25, -0.2) is 4.79 Å². The molecule has 2 amide bonds. The predicted molar refractivity (Wildman–Crippen MR) is 114 cm³/mol. The molecule has 0 unspecified atom stereocenters. The minimum Gasteiger partial charge on any atom is -0.434 e. The summed E-state index contributed by atoms with van der Waals surface area (Å²) in [5.41, 5.74) is 2.22. The minimum atomic E-state index is -2.90. The van der Waals surface area contributed by atoms with Gasteiger partial charge in [0.15, 0.2) is 0 Å². The molecule has 0 saturated carbocycles. The van der Waals surface area contributed by atoms with Crippen molar-refractivity contribution in [2.45, 2.75) is 45.9 Å². The zero-order valence-corrected chi connectivity index (χ0v) is 17.6. The average molecular weight is 418 g/mol. The summed E-state index contributed by atoms with van der Waals surface area (Å²) in [5, 5.41) is 2.87. The number of ether oxygens (including phenoxy) is 1. The number of halogens is 2. The summed E-state index contributed by atoms with van der Waals surface area (Å²) in [6, 6.07) is 15.2. The second-order valence-electron chi connectivity index (χ2n) is 7.55. The van der Waals surface area contributed by atoms with Crippen LogP contribution in [0, 0.1) is 6.92 Å². The van der Waals surface area contributed by atoms with Crippen molar-refractivity contribution in [2.75, 3.05) is 25.0 Å². The summed E-state index contributed by atoms with van der Waals surface area (Å²) in [5.74, 6) is 0.0644. The van der Waals surface area contributed by atoms with Crippen LogP contribution >= 0.6 is 0 Å². The van der Waals surface area contributed by atoms with Crippen molar-refractivity contribution < 1.29 is 18.3 Å². The highest BCUT2D eigenvalue weighted by atomic mass is 19.3. The van der Waals surface area contributed by atoms with E-state index in [2.05, 4.69) is 34.0 Å². The van der Waals surface area contributed by atoms with Gasteiger partial charge in [0, 0.05) is 43.0 Å². The maximum absolute atomic E-state index is 13.0. The van der Waals surface area contributed by atoms with E-state index in [1.54, 1.807) is 19.1 Å². The fourth-order valence-electron chi connectivity index (χ4n) is 4.04. The topological polar surface area (TPSA) is 44.8 Å². The van der Waals surface area contributed by atoms with E-state index in [0.29, 0.717) is 17.8 Å². The zero-order valence-electron chi connectivity index (χ0n) is 17.6. The van der Waals surface area contributed by atoms with Crippen LogP contribution in [0.5, 0.6) is 5.75 Å². The normalized spacial score (nSPS) is 17.7. The molecule has 2 atom stereocenters.